The molecule has 16 heavy (non-hydrogen) atoms. The van der Waals surface area contributed by atoms with Crippen LogP contribution in [-0.2, 0) is 6.42 Å². The van der Waals surface area contributed by atoms with Gasteiger partial charge in [-0.1, -0.05) is 38.0 Å². The standard InChI is InChI=1S/C14H23NS/c1-4-11(2)10-16-14-6-5-12(3)9-13(14)7-8-15/h5-6,9,11H,4,7-8,10,15H2,1-3H3. The lowest BCUT2D eigenvalue weighted by Gasteiger charge is -2.12. The van der Waals surface area contributed by atoms with Crippen molar-refractivity contribution >= 4 is 11.8 Å². The van der Waals surface area contributed by atoms with Crippen molar-refractivity contribution in [2.24, 2.45) is 11.7 Å². The summed E-state index contributed by atoms with van der Waals surface area (Å²) in [6.07, 6.45) is 2.25. The van der Waals surface area contributed by atoms with E-state index in [-0.39, 0.29) is 0 Å². The van der Waals surface area contributed by atoms with Crippen LogP contribution in [0.3, 0.4) is 0 Å². The molecule has 0 saturated carbocycles. The quantitative estimate of drug-likeness (QED) is 0.765. The van der Waals surface area contributed by atoms with Gasteiger partial charge in [0, 0.05) is 10.6 Å². The van der Waals surface area contributed by atoms with E-state index in [1.807, 2.05) is 11.8 Å². The molecule has 0 aromatic heterocycles. The van der Waals surface area contributed by atoms with Crippen LogP contribution in [0.2, 0.25) is 0 Å². The van der Waals surface area contributed by atoms with Crippen molar-refractivity contribution in [3.8, 4) is 0 Å². The molecule has 0 aliphatic rings. The summed E-state index contributed by atoms with van der Waals surface area (Å²) in [5.41, 5.74) is 8.40. The van der Waals surface area contributed by atoms with Gasteiger partial charge < -0.3 is 5.73 Å². The molecule has 0 aliphatic carbocycles. The molecule has 0 amide bonds. The Kier molecular flexibility index (Phi) is 5.93. The second-order valence-electron chi connectivity index (χ2n) is 4.47. The monoisotopic (exact) mass is 237 g/mol. The van der Waals surface area contributed by atoms with E-state index < -0.39 is 0 Å². The normalized spacial score (nSPS) is 12.8. The molecule has 2 N–H and O–H groups in total. The van der Waals surface area contributed by atoms with Crippen LogP contribution in [0.25, 0.3) is 0 Å². The third kappa shape index (κ3) is 4.18. The number of nitrogens with two attached hydrogens (primary N) is 1. The highest BCUT2D eigenvalue weighted by Crippen LogP contribution is 2.26. The van der Waals surface area contributed by atoms with Gasteiger partial charge in [-0.05, 0) is 37.4 Å². The lowest BCUT2D eigenvalue weighted by atomic mass is 10.1. The van der Waals surface area contributed by atoms with Crippen LogP contribution in [0.5, 0.6) is 0 Å². The van der Waals surface area contributed by atoms with Crippen molar-refractivity contribution in [1.82, 2.24) is 0 Å². The summed E-state index contributed by atoms with van der Waals surface area (Å²) in [5, 5.41) is 0. The minimum absolute atomic E-state index is 0.736. The Morgan fingerprint density at radius 1 is 1.38 bits per heavy atom. The van der Waals surface area contributed by atoms with Gasteiger partial charge in [0.05, 0.1) is 0 Å². The van der Waals surface area contributed by atoms with Crippen LogP contribution in [-0.4, -0.2) is 12.3 Å². The Morgan fingerprint density at radius 2 is 2.12 bits per heavy atom. The van der Waals surface area contributed by atoms with Gasteiger partial charge in [0.1, 0.15) is 0 Å². The minimum atomic E-state index is 0.736. The van der Waals surface area contributed by atoms with E-state index in [1.165, 1.54) is 28.2 Å². The van der Waals surface area contributed by atoms with Gasteiger partial charge in [0.25, 0.3) is 0 Å². The van der Waals surface area contributed by atoms with Gasteiger partial charge in [-0.3, -0.25) is 0 Å². The third-order valence-electron chi connectivity index (χ3n) is 2.85. The van der Waals surface area contributed by atoms with Crippen LogP contribution in [0.1, 0.15) is 31.4 Å². The number of benzene rings is 1. The zero-order valence-corrected chi connectivity index (χ0v) is 11.4. The maximum absolute atomic E-state index is 5.65. The first kappa shape index (κ1) is 13.6. The summed E-state index contributed by atoms with van der Waals surface area (Å²) in [6, 6.07) is 6.71. The van der Waals surface area contributed by atoms with E-state index in [4.69, 9.17) is 5.73 Å². The van der Waals surface area contributed by atoms with Crippen LogP contribution in [0, 0.1) is 12.8 Å². The van der Waals surface area contributed by atoms with Crippen molar-refractivity contribution in [1.29, 1.82) is 0 Å². The molecule has 1 atom stereocenters. The van der Waals surface area contributed by atoms with E-state index in [0.29, 0.717) is 0 Å². The van der Waals surface area contributed by atoms with E-state index in [2.05, 4.69) is 39.0 Å². The molecule has 0 aliphatic heterocycles. The first-order valence-corrected chi connectivity index (χ1v) is 7.08. The zero-order chi connectivity index (χ0) is 12.0. The SMILES string of the molecule is CCC(C)CSc1ccc(C)cc1CCN. The highest BCUT2D eigenvalue weighted by molar-refractivity contribution is 7.99. The second kappa shape index (κ2) is 6.97. The first-order chi connectivity index (χ1) is 7.67. The average molecular weight is 237 g/mol. The Bertz CT molecular complexity index is 323. The molecule has 0 saturated heterocycles. The molecule has 1 aromatic rings. The summed E-state index contributed by atoms with van der Waals surface area (Å²) in [4.78, 5) is 1.41. The molecule has 1 unspecified atom stereocenters. The summed E-state index contributed by atoms with van der Waals surface area (Å²) in [6.45, 7) is 7.44. The van der Waals surface area contributed by atoms with Crippen LogP contribution in [0.15, 0.2) is 23.1 Å². The minimum Gasteiger partial charge on any atom is -0.330 e. The maximum atomic E-state index is 5.65. The molecule has 2 heteroatoms. The van der Waals surface area contributed by atoms with Crippen LogP contribution >= 0.6 is 11.8 Å². The van der Waals surface area contributed by atoms with Gasteiger partial charge in [-0.2, -0.15) is 0 Å². The van der Waals surface area contributed by atoms with Crippen LogP contribution < -0.4 is 5.73 Å². The summed E-state index contributed by atoms with van der Waals surface area (Å²) in [7, 11) is 0. The number of aryl methyl sites for hydroxylation is 1. The van der Waals surface area contributed by atoms with E-state index >= 15 is 0 Å². The third-order valence-corrected chi connectivity index (χ3v) is 4.29. The van der Waals surface area contributed by atoms with Crippen molar-refractivity contribution in [3.05, 3.63) is 29.3 Å². The van der Waals surface area contributed by atoms with Crippen molar-refractivity contribution < 1.29 is 0 Å². The maximum Gasteiger partial charge on any atom is 0.0105 e. The van der Waals surface area contributed by atoms with E-state index in [9.17, 15) is 0 Å². The molecule has 0 fully saturated rings. The average Bonchev–Trinajstić information content (AvgIpc) is 2.28. The lowest BCUT2D eigenvalue weighted by Crippen LogP contribution is -2.04. The predicted octanol–water partition coefficient (Wildman–Crippen LogP) is 3.63. The number of thioether (sulfide) groups is 1. The molecule has 1 aromatic carbocycles. The Balaban J connectivity index is 2.70. The fourth-order valence-corrected chi connectivity index (χ4v) is 2.76. The Hall–Kier alpha value is -0.470. The molecule has 0 spiro atoms. The van der Waals surface area contributed by atoms with Gasteiger partial charge >= 0.3 is 0 Å². The van der Waals surface area contributed by atoms with Gasteiger partial charge in [-0.25, -0.2) is 0 Å². The second-order valence-corrected chi connectivity index (χ2v) is 5.54. The van der Waals surface area contributed by atoms with Gasteiger partial charge in [-0.15, -0.1) is 11.8 Å². The summed E-state index contributed by atoms with van der Waals surface area (Å²) >= 11 is 1.97. The molecule has 0 heterocycles. The smallest absolute Gasteiger partial charge is 0.0105 e. The molecule has 1 nitrogen and oxygen atoms in total. The molecule has 0 bridgehead atoms. The lowest BCUT2D eigenvalue weighted by molar-refractivity contribution is 0.637. The van der Waals surface area contributed by atoms with E-state index in [1.54, 1.807) is 0 Å². The van der Waals surface area contributed by atoms with E-state index in [0.717, 1.165) is 18.9 Å². The molecule has 90 valence electrons. The van der Waals surface area contributed by atoms with Crippen LogP contribution in [0.4, 0.5) is 0 Å². The number of hydrogen-bond donors (Lipinski definition) is 1. The molecular weight excluding hydrogens is 214 g/mol. The summed E-state index contributed by atoms with van der Waals surface area (Å²) in [5.74, 6) is 1.99. The fourth-order valence-electron chi connectivity index (χ4n) is 1.55. The Labute approximate surface area is 104 Å². The molecule has 0 radical (unpaired) electrons. The van der Waals surface area contributed by atoms with Crippen molar-refractivity contribution in [2.45, 2.75) is 38.5 Å². The highest BCUT2D eigenvalue weighted by atomic mass is 32.2. The Morgan fingerprint density at radius 3 is 2.75 bits per heavy atom. The van der Waals surface area contributed by atoms with Crippen molar-refractivity contribution in [3.63, 3.8) is 0 Å². The molecule has 1 rings (SSSR count). The largest absolute Gasteiger partial charge is 0.330 e. The van der Waals surface area contributed by atoms with Gasteiger partial charge in [0.2, 0.25) is 0 Å². The highest BCUT2D eigenvalue weighted by Gasteiger charge is 2.05. The zero-order valence-electron chi connectivity index (χ0n) is 10.6. The first-order valence-electron chi connectivity index (χ1n) is 6.09. The predicted molar refractivity (Wildman–Crippen MR) is 74.1 cm³/mol. The van der Waals surface area contributed by atoms with Crippen molar-refractivity contribution in [2.75, 3.05) is 12.3 Å². The topological polar surface area (TPSA) is 26.0 Å². The number of hydrogen-bond acceptors (Lipinski definition) is 2. The number of rotatable bonds is 6. The molecular formula is C14H23NS. The fraction of sp³-hybridized carbons (Fsp3) is 0.571. The van der Waals surface area contributed by atoms with Gasteiger partial charge in [0.15, 0.2) is 0 Å². The summed E-state index contributed by atoms with van der Waals surface area (Å²) < 4.78 is 0.